The number of nitrogens with zero attached hydrogens (tertiary/aromatic N) is 1. The highest BCUT2D eigenvalue weighted by molar-refractivity contribution is 5.93. The normalized spacial score (nSPS) is 17.9. The highest BCUT2D eigenvalue weighted by Gasteiger charge is 2.49. The average Bonchev–Trinajstić information content (AvgIpc) is 3.03. The van der Waals surface area contributed by atoms with Crippen LogP contribution in [-0.2, 0) is 0 Å². The van der Waals surface area contributed by atoms with Gasteiger partial charge in [-0.25, -0.2) is 4.98 Å². The van der Waals surface area contributed by atoms with E-state index in [1.807, 2.05) is 0 Å². The molecular formula is C12H15F3N2O3. The largest absolute Gasteiger partial charge is 0.438 e. The van der Waals surface area contributed by atoms with Crippen LogP contribution in [0.5, 0.6) is 0 Å². The Balaban J connectivity index is 2.12. The van der Waals surface area contributed by atoms with Gasteiger partial charge < -0.3 is 14.8 Å². The van der Waals surface area contributed by atoms with Crippen molar-refractivity contribution in [3.63, 3.8) is 0 Å². The van der Waals surface area contributed by atoms with Crippen LogP contribution >= 0.6 is 0 Å². The SMILES string of the molecule is CC(C)(NC(=O)c1ocnc1C1CC1)C(O)C(F)(F)F. The number of aromatic nitrogens is 1. The molecule has 2 N–H and O–H groups in total. The van der Waals surface area contributed by atoms with Gasteiger partial charge in [-0.05, 0) is 26.7 Å². The van der Waals surface area contributed by atoms with Gasteiger partial charge in [0.1, 0.15) is 0 Å². The molecule has 0 saturated heterocycles. The van der Waals surface area contributed by atoms with Crippen molar-refractivity contribution in [1.29, 1.82) is 0 Å². The highest BCUT2D eigenvalue weighted by Crippen LogP contribution is 2.40. The van der Waals surface area contributed by atoms with E-state index >= 15 is 0 Å². The van der Waals surface area contributed by atoms with E-state index in [1.54, 1.807) is 0 Å². The Morgan fingerprint density at radius 1 is 1.50 bits per heavy atom. The number of oxazole rings is 1. The third kappa shape index (κ3) is 2.95. The molecular weight excluding hydrogens is 277 g/mol. The van der Waals surface area contributed by atoms with E-state index in [4.69, 9.17) is 4.42 Å². The first kappa shape index (κ1) is 14.8. The molecule has 1 fully saturated rings. The summed E-state index contributed by atoms with van der Waals surface area (Å²) in [6, 6.07) is 0. The number of hydrogen-bond donors (Lipinski definition) is 2. The molecule has 1 amide bonds. The van der Waals surface area contributed by atoms with E-state index in [2.05, 4.69) is 10.3 Å². The molecule has 1 heterocycles. The predicted molar refractivity (Wildman–Crippen MR) is 62.1 cm³/mol. The molecule has 0 bridgehead atoms. The fraction of sp³-hybridized carbons (Fsp3) is 0.667. The van der Waals surface area contributed by atoms with E-state index in [0.29, 0.717) is 5.69 Å². The van der Waals surface area contributed by atoms with Crippen LogP contribution in [0.1, 0.15) is 48.9 Å². The monoisotopic (exact) mass is 292 g/mol. The molecule has 2 rings (SSSR count). The summed E-state index contributed by atoms with van der Waals surface area (Å²) in [5, 5.41) is 11.4. The second-order valence-electron chi connectivity index (χ2n) is 5.46. The third-order valence-electron chi connectivity index (χ3n) is 3.19. The van der Waals surface area contributed by atoms with Crippen LogP contribution in [-0.4, -0.2) is 33.8 Å². The summed E-state index contributed by atoms with van der Waals surface area (Å²) in [5.74, 6) is -0.766. The second kappa shape index (κ2) is 4.76. The summed E-state index contributed by atoms with van der Waals surface area (Å²) in [7, 11) is 0. The van der Waals surface area contributed by atoms with Gasteiger partial charge in [-0.3, -0.25) is 4.79 Å². The Bertz CT molecular complexity index is 506. The summed E-state index contributed by atoms with van der Waals surface area (Å²) in [5.41, 5.74) is -1.41. The molecule has 1 unspecified atom stereocenters. The fourth-order valence-electron chi connectivity index (χ4n) is 1.90. The molecule has 0 spiro atoms. The highest BCUT2D eigenvalue weighted by atomic mass is 19.4. The molecule has 0 aromatic carbocycles. The van der Waals surface area contributed by atoms with Crippen LogP contribution in [0, 0.1) is 0 Å². The molecule has 1 saturated carbocycles. The zero-order valence-electron chi connectivity index (χ0n) is 11.0. The second-order valence-corrected chi connectivity index (χ2v) is 5.46. The summed E-state index contributed by atoms with van der Waals surface area (Å²) in [6.07, 6.45) is -4.65. The van der Waals surface area contributed by atoms with Crippen molar-refractivity contribution >= 4 is 5.91 Å². The van der Waals surface area contributed by atoms with Crippen molar-refractivity contribution in [2.45, 2.75) is 50.4 Å². The number of aliphatic hydroxyl groups is 1. The lowest BCUT2D eigenvalue weighted by Gasteiger charge is -2.32. The molecule has 8 heteroatoms. The minimum Gasteiger partial charge on any atom is -0.438 e. The van der Waals surface area contributed by atoms with Gasteiger partial charge in [-0.2, -0.15) is 13.2 Å². The van der Waals surface area contributed by atoms with Crippen molar-refractivity contribution in [2.24, 2.45) is 0 Å². The van der Waals surface area contributed by atoms with Gasteiger partial charge in [-0.1, -0.05) is 0 Å². The van der Waals surface area contributed by atoms with Gasteiger partial charge >= 0.3 is 6.18 Å². The maximum Gasteiger partial charge on any atom is 0.416 e. The van der Waals surface area contributed by atoms with Crippen LogP contribution in [0.4, 0.5) is 13.2 Å². The smallest absolute Gasteiger partial charge is 0.416 e. The quantitative estimate of drug-likeness (QED) is 0.890. The number of aliphatic hydroxyl groups excluding tert-OH is 1. The lowest BCUT2D eigenvalue weighted by molar-refractivity contribution is -0.222. The topological polar surface area (TPSA) is 75.4 Å². The van der Waals surface area contributed by atoms with Crippen LogP contribution in [0.3, 0.4) is 0 Å². The van der Waals surface area contributed by atoms with Crippen LogP contribution in [0.2, 0.25) is 0 Å². The van der Waals surface area contributed by atoms with Crippen LogP contribution < -0.4 is 5.32 Å². The predicted octanol–water partition coefficient (Wildman–Crippen LogP) is 1.98. The van der Waals surface area contributed by atoms with Gasteiger partial charge in [-0.15, -0.1) is 0 Å². The molecule has 112 valence electrons. The number of nitrogens with one attached hydrogen (secondary N) is 1. The van der Waals surface area contributed by atoms with Crippen molar-refractivity contribution in [3.8, 4) is 0 Å². The minimum atomic E-state index is -4.82. The lowest BCUT2D eigenvalue weighted by Crippen LogP contribution is -2.57. The molecule has 0 aliphatic heterocycles. The molecule has 1 aromatic rings. The number of rotatable bonds is 4. The standard InChI is InChI=1S/C12H15F3N2O3/c1-11(2,10(19)12(13,14)15)17-9(18)8-7(6-3-4-6)16-5-20-8/h5-6,10,19H,3-4H2,1-2H3,(H,17,18). The number of carbonyl (C=O) groups excluding carboxylic acids is 1. The Morgan fingerprint density at radius 2 is 2.10 bits per heavy atom. The van der Waals surface area contributed by atoms with Crippen molar-refractivity contribution in [1.82, 2.24) is 10.3 Å². The van der Waals surface area contributed by atoms with E-state index in [0.717, 1.165) is 33.1 Å². The van der Waals surface area contributed by atoms with E-state index in [9.17, 15) is 23.1 Å². The van der Waals surface area contributed by atoms with Gasteiger partial charge in [0.05, 0.1) is 11.2 Å². The Hall–Kier alpha value is -1.57. The summed E-state index contributed by atoms with van der Waals surface area (Å²) in [6.45, 7) is 2.19. The number of amides is 1. The molecule has 5 nitrogen and oxygen atoms in total. The maximum absolute atomic E-state index is 12.5. The zero-order chi connectivity index (χ0) is 15.1. The molecule has 1 atom stereocenters. The summed E-state index contributed by atoms with van der Waals surface area (Å²) in [4.78, 5) is 15.9. The molecule has 1 aromatic heterocycles. The Kier molecular flexibility index (Phi) is 3.53. The van der Waals surface area contributed by atoms with E-state index in [-0.39, 0.29) is 11.7 Å². The first-order valence-electron chi connectivity index (χ1n) is 6.13. The van der Waals surface area contributed by atoms with Gasteiger partial charge in [0.25, 0.3) is 5.91 Å². The van der Waals surface area contributed by atoms with Gasteiger partial charge in [0.15, 0.2) is 12.5 Å². The first-order valence-corrected chi connectivity index (χ1v) is 6.13. The van der Waals surface area contributed by atoms with Crippen molar-refractivity contribution in [3.05, 3.63) is 17.8 Å². The van der Waals surface area contributed by atoms with Crippen LogP contribution in [0.25, 0.3) is 0 Å². The van der Waals surface area contributed by atoms with Crippen molar-refractivity contribution < 1.29 is 27.5 Å². The third-order valence-corrected chi connectivity index (χ3v) is 3.19. The minimum absolute atomic E-state index is 0.0880. The average molecular weight is 292 g/mol. The van der Waals surface area contributed by atoms with Gasteiger partial charge in [0, 0.05) is 5.92 Å². The van der Waals surface area contributed by atoms with Gasteiger partial charge in [0.2, 0.25) is 5.76 Å². The summed E-state index contributed by atoms with van der Waals surface area (Å²) >= 11 is 0. The fourth-order valence-corrected chi connectivity index (χ4v) is 1.90. The summed E-state index contributed by atoms with van der Waals surface area (Å²) < 4.78 is 42.5. The van der Waals surface area contributed by atoms with Crippen LogP contribution in [0.15, 0.2) is 10.8 Å². The molecule has 1 aliphatic carbocycles. The zero-order valence-corrected chi connectivity index (χ0v) is 11.0. The van der Waals surface area contributed by atoms with Crippen molar-refractivity contribution in [2.75, 3.05) is 0 Å². The lowest BCUT2D eigenvalue weighted by atomic mass is 9.96. The maximum atomic E-state index is 12.5. The first-order chi connectivity index (χ1) is 9.13. The number of hydrogen-bond acceptors (Lipinski definition) is 4. The number of alkyl halides is 3. The Morgan fingerprint density at radius 3 is 2.60 bits per heavy atom. The molecule has 0 radical (unpaired) electrons. The number of carbonyl (C=O) groups is 1. The number of halogens is 3. The van der Waals surface area contributed by atoms with E-state index in [1.165, 1.54) is 0 Å². The molecule has 20 heavy (non-hydrogen) atoms. The Labute approximate surface area is 113 Å². The molecule has 1 aliphatic rings. The van der Waals surface area contributed by atoms with E-state index < -0.39 is 23.7 Å².